The molecule has 0 aliphatic rings. The lowest BCUT2D eigenvalue weighted by Gasteiger charge is -2.18. The van der Waals surface area contributed by atoms with Crippen LogP contribution in [-0.4, -0.2) is 49.6 Å². The van der Waals surface area contributed by atoms with Crippen molar-refractivity contribution in [3.8, 4) is 5.75 Å². The van der Waals surface area contributed by atoms with Crippen LogP contribution in [0.3, 0.4) is 0 Å². The number of nitrogens with zero attached hydrogens (tertiary/aromatic N) is 1. The first-order valence-electron chi connectivity index (χ1n) is 8.05. The molecule has 0 radical (unpaired) electrons. The molecule has 5 nitrogen and oxygen atoms in total. The van der Waals surface area contributed by atoms with Crippen molar-refractivity contribution in [2.75, 3.05) is 32.8 Å². The van der Waals surface area contributed by atoms with Crippen LogP contribution in [0.2, 0.25) is 0 Å². The average molecular weight is 380 g/mol. The van der Waals surface area contributed by atoms with Crippen molar-refractivity contribution in [1.82, 2.24) is 10.2 Å². The molecular formula is C17H31Cl2N3O2. The zero-order valence-corrected chi connectivity index (χ0v) is 16.4. The van der Waals surface area contributed by atoms with Gasteiger partial charge in [0.2, 0.25) is 0 Å². The average Bonchev–Trinajstić information content (AvgIpc) is 2.51. The molecule has 0 spiro atoms. The predicted octanol–water partition coefficient (Wildman–Crippen LogP) is 2.72. The maximum absolute atomic E-state index is 11.9. The second kappa shape index (κ2) is 14.3. The van der Waals surface area contributed by atoms with Crippen LogP contribution in [0, 0.1) is 0 Å². The molecule has 1 aromatic carbocycles. The van der Waals surface area contributed by atoms with Crippen molar-refractivity contribution in [2.45, 2.75) is 33.2 Å². The summed E-state index contributed by atoms with van der Waals surface area (Å²) >= 11 is 0. The summed E-state index contributed by atoms with van der Waals surface area (Å²) in [5.74, 6) is 0.717. The van der Waals surface area contributed by atoms with Gasteiger partial charge < -0.3 is 20.7 Å². The molecule has 0 fully saturated rings. The van der Waals surface area contributed by atoms with Gasteiger partial charge in [-0.2, -0.15) is 0 Å². The molecule has 1 amide bonds. The first-order valence-corrected chi connectivity index (χ1v) is 8.05. The molecule has 3 N–H and O–H groups in total. The molecular weight excluding hydrogens is 349 g/mol. The van der Waals surface area contributed by atoms with E-state index in [1.807, 2.05) is 19.1 Å². The van der Waals surface area contributed by atoms with E-state index < -0.39 is 0 Å². The summed E-state index contributed by atoms with van der Waals surface area (Å²) < 4.78 is 5.70. The number of carbonyl (C=O) groups excluding carboxylic acids is 1. The number of likely N-dealkylation sites (N-methyl/N-ethyl adjacent to an activating group) is 1. The van der Waals surface area contributed by atoms with Crippen LogP contribution in [0.5, 0.6) is 5.75 Å². The van der Waals surface area contributed by atoms with Gasteiger partial charge in [-0.05, 0) is 50.7 Å². The van der Waals surface area contributed by atoms with Crippen LogP contribution < -0.4 is 15.8 Å². The van der Waals surface area contributed by atoms with E-state index in [9.17, 15) is 4.79 Å². The molecule has 1 aromatic rings. The van der Waals surface area contributed by atoms with Crippen LogP contribution in [-0.2, 0) is 0 Å². The zero-order chi connectivity index (χ0) is 16.4. The highest BCUT2D eigenvalue weighted by molar-refractivity contribution is 5.94. The Bertz CT molecular complexity index is 438. The number of ether oxygens (including phenoxy) is 1. The maximum atomic E-state index is 11.9. The van der Waals surface area contributed by atoms with Crippen LogP contribution in [0.15, 0.2) is 24.3 Å². The van der Waals surface area contributed by atoms with Gasteiger partial charge >= 0.3 is 0 Å². The highest BCUT2D eigenvalue weighted by Gasteiger charge is 2.06. The van der Waals surface area contributed by atoms with E-state index in [1.54, 1.807) is 12.1 Å². The first-order chi connectivity index (χ1) is 10.6. The number of hydrogen-bond donors (Lipinski definition) is 2. The summed E-state index contributed by atoms with van der Waals surface area (Å²) in [5.41, 5.74) is 6.29. The molecule has 24 heavy (non-hydrogen) atoms. The fourth-order valence-corrected chi connectivity index (χ4v) is 2.05. The Morgan fingerprint density at radius 3 is 2.29 bits per heavy atom. The van der Waals surface area contributed by atoms with Gasteiger partial charge in [0, 0.05) is 24.7 Å². The third-order valence-electron chi connectivity index (χ3n) is 3.57. The number of amides is 1. The Morgan fingerprint density at radius 1 is 1.21 bits per heavy atom. The van der Waals surface area contributed by atoms with Crippen molar-refractivity contribution in [3.05, 3.63) is 29.8 Å². The molecule has 0 aliphatic carbocycles. The number of rotatable bonds is 10. The Hall–Kier alpha value is -1.01. The van der Waals surface area contributed by atoms with Gasteiger partial charge in [0.05, 0.1) is 0 Å². The van der Waals surface area contributed by atoms with Gasteiger partial charge in [-0.3, -0.25) is 4.79 Å². The van der Waals surface area contributed by atoms with Gasteiger partial charge in [0.25, 0.3) is 5.91 Å². The third kappa shape index (κ3) is 9.98. The van der Waals surface area contributed by atoms with E-state index in [4.69, 9.17) is 10.5 Å². The standard InChI is InChI=1S/C17H29N3O2.2ClH/c1-4-20(5-2)12-13-22-16-8-6-15(7-9-16)17(21)19-11-10-14(3)18;;/h6-9,14H,4-5,10-13,18H2,1-3H3,(H,19,21);2*1H. The Labute approximate surface area is 158 Å². The first kappa shape index (κ1) is 25.2. The Balaban J connectivity index is 0. The monoisotopic (exact) mass is 379 g/mol. The van der Waals surface area contributed by atoms with Crippen LogP contribution >= 0.6 is 24.8 Å². The van der Waals surface area contributed by atoms with Crippen LogP contribution in [0.25, 0.3) is 0 Å². The number of halogens is 2. The van der Waals surface area contributed by atoms with Crippen molar-refractivity contribution < 1.29 is 9.53 Å². The maximum Gasteiger partial charge on any atom is 0.251 e. The highest BCUT2D eigenvalue weighted by Crippen LogP contribution is 2.12. The highest BCUT2D eigenvalue weighted by atomic mass is 35.5. The van der Waals surface area contributed by atoms with E-state index >= 15 is 0 Å². The van der Waals surface area contributed by atoms with Crippen molar-refractivity contribution in [2.24, 2.45) is 5.73 Å². The number of benzene rings is 1. The largest absolute Gasteiger partial charge is 0.492 e. The van der Waals surface area contributed by atoms with Crippen molar-refractivity contribution in [1.29, 1.82) is 0 Å². The summed E-state index contributed by atoms with van der Waals surface area (Å²) in [6, 6.07) is 7.34. The quantitative estimate of drug-likeness (QED) is 0.655. The molecule has 0 aliphatic heterocycles. The summed E-state index contributed by atoms with van der Waals surface area (Å²) in [6.45, 7) is 10.4. The van der Waals surface area contributed by atoms with E-state index in [0.717, 1.165) is 31.8 Å². The number of carbonyl (C=O) groups is 1. The summed E-state index contributed by atoms with van der Waals surface area (Å²) in [6.07, 6.45) is 0.776. The smallest absolute Gasteiger partial charge is 0.251 e. The topological polar surface area (TPSA) is 67.6 Å². The second-order valence-electron chi connectivity index (χ2n) is 5.42. The zero-order valence-electron chi connectivity index (χ0n) is 14.8. The molecule has 1 rings (SSSR count). The molecule has 7 heteroatoms. The minimum absolute atomic E-state index is 0. The fraction of sp³-hybridized carbons (Fsp3) is 0.588. The lowest BCUT2D eigenvalue weighted by Crippen LogP contribution is -2.29. The van der Waals surface area contributed by atoms with Gasteiger partial charge in [-0.25, -0.2) is 0 Å². The van der Waals surface area contributed by atoms with Crippen molar-refractivity contribution in [3.63, 3.8) is 0 Å². The molecule has 0 saturated heterocycles. The Morgan fingerprint density at radius 2 is 1.79 bits per heavy atom. The number of hydrogen-bond acceptors (Lipinski definition) is 4. The van der Waals surface area contributed by atoms with Gasteiger partial charge in [0.1, 0.15) is 12.4 Å². The van der Waals surface area contributed by atoms with Crippen LogP contribution in [0.1, 0.15) is 37.6 Å². The SMILES string of the molecule is CCN(CC)CCOc1ccc(C(=O)NCCC(C)N)cc1.Cl.Cl. The number of nitrogens with two attached hydrogens (primary N) is 1. The summed E-state index contributed by atoms with van der Waals surface area (Å²) in [4.78, 5) is 14.2. The summed E-state index contributed by atoms with van der Waals surface area (Å²) in [5, 5.41) is 2.86. The van der Waals surface area contributed by atoms with E-state index in [0.29, 0.717) is 18.7 Å². The van der Waals surface area contributed by atoms with Crippen LogP contribution in [0.4, 0.5) is 0 Å². The van der Waals surface area contributed by atoms with Crippen molar-refractivity contribution >= 4 is 30.7 Å². The minimum Gasteiger partial charge on any atom is -0.492 e. The molecule has 0 heterocycles. The molecule has 0 aromatic heterocycles. The third-order valence-corrected chi connectivity index (χ3v) is 3.57. The summed E-state index contributed by atoms with van der Waals surface area (Å²) in [7, 11) is 0. The molecule has 1 atom stereocenters. The normalized spacial score (nSPS) is 11.2. The lowest BCUT2D eigenvalue weighted by atomic mass is 10.2. The molecule has 0 bridgehead atoms. The van der Waals surface area contributed by atoms with E-state index in [1.165, 1.54) is 0 Å². The van der Waals surface area contributed by atoms with E-state index in [-0.39, 0.29) is 36.8 Å². The minimum atomic E-state index is -0.0738. The molecule has 140 valence electrons. The van der Waals surface area contributed by atoms with Gasteiger partial charge in [0.15, 0.2) is 0 Å². The second-order valence-corrected chi connectivity index (χ2v) is 5.42. The fourth-order valence-electron chi connectivity index (χ4n) is 2.05. The predicted molar refractivity (Wildman–Crippen MR) is 105 cm³/mol. The molecule has 0 saturated carbocycles. The van der Waals surface area contributed by atoms with Gasteiger partial charge in [-0.1, -0.05) is 13.8 Å². The van der Waals surface area contributed by atoms with Gasteiger partial charge in [-0.15, -0.1) is 24.8 Å². The van der Waals surface area contributed by atoms with E-state index in [2.05, 4.69) is 24.1 Å². The number of nitrogens with one attached hydrogen (secondary N) is 1. The lowest BCUT2D eigenvalue weighted by molar-refractivity contribution is 0.0952. The Kier molecular flexibility index (Phi) is 15.1. The molecule has 1 unspecified atom stereocenters.